The van der Waals surface area contributed by atoms with E-state index in [9.17, 15) is 22.8 Å². The normalized spacial score (nSPS) is 11.3. The van der Waals surface area contributed by atoms with E-state index < -0.39 is 23.6 Å². The van der Waals surface area contributed by atoms with Gasteiger partial charge in [0.1, 0.15) is 11.4 Å². The third-order valence-corrected chi connectivity index (χ3v) is 4.18. The second-order valence-corrected chi connectivity index (χ2v) is 6.04. The third kappa shape index (κ3) is 4.18. The van der Waals surface area contributed by atoms with Crippen molar-refractivity contribution in [1.82, 2.24) is 4.98 Å². The summed E-state index contributed by atoms with van der Waals surface area (Å²) >= 11 is 0. The quantitative estimate of drug-likeness (QED) is 0.606. The molecule has 6 nitrogen and oxygen atoms in total. The van der Waals surface area contributed by atoms with E-state index in [1.807, 2.05) is 0 Å². The summed E-state index contributed by atoms with van der Waals surface area (Å²) in [6.45, 7) is 1.74. The number of rotatable bonds is 5. The molecule has 29 heavy (non-hydrogen) atoms. The third-order valence-electron chi connectivity index (χ3n) is 4.18. The van der Waals surface area contributed by atoms with E-state index in [0.29, 0.717) is 16.7 Å². The Bertz CT molecular complexity index is 1070. The van der Waals surface area contributed by atoms with Crippen LogP contribution in [0.2, 0.25) is 0 Å². The van der Waals surface area contributed by atoms with Crippen LogP contribution in [0, 0.1) is 0 Å². The highest BCUT2D eigenvalue weighted by atomic mass is 19.4. The molecule has 152 valence electrons. The van der Waals surface area contributed by atoms with Gasteiger partial charge in [0.2, 0.25) is 0 Å². The number of alkyl halides is 3. The van der Waals surface area contributed by atoms with Gasteiger partial charge in [0.25, 0.3) is 5.91 Å². The number of hydrogen-bond donors (Lipinski definition) is 2. The van der Waals surface area contributed by atoms with Gasteiger partial charge >= 0.3 is 12.1 Å². The van der Waals surface area contributed by atoms with E-state index in [2.05, 4.69) is 10.3 Å². The second kappa shape index (κ2) is 7.86. The van der Waals surface area contributed by atoms with Crippen LogP contribution in [0.15, 0.2) is 42.5 Å². The maximum atomic E-state index is 12.9. The Morgan fingerprint density at radius 3 is 2.55 bits per heavy atom. The molecule has 0 aliphatic rings. The fourth-order valence-corrected chi connectivity index (χ4v) is 2.81. The summed E-state index contributed by atoms with van der Waals surface area (Å²) in [5.41, 5.74) is -0.549. The molecule has 2 N–H and O–H groups in total. The molecule has 0 bridgehead atoms. The van der Waals surface area contributed by atoms with Crippen molar-refractivity contribution in [3.8, 4) is 5.75 Å². The number of carbonyl (C=O) groups excluding carboxylic acids is 2. The van der Waals surface area contributed by atoms with Crippen molar-refractivity contribution in [1.29, 1.82) is 0 Å². The average molecular weight is 406 g/mol. The smallest absolute Gasteiger partial charge is 0.416 e. The van der Waals surface area contributed by atoms with Gasteiger partial charge in [0.05, 0.1) is 25.0 Å². The van der Waals surface area contributed by atoms with Gasteiger partial charge < -0.3 is 19.8 Å². The van der Waals surface area contributed by atoms with Gasteiger partial charge in [-0.25, -0.2) is 4.79 Å². The molecule has 1 amide bonds. The van der Waals surface area contributed by atoms with Gasteiger partial charge in [0.15, 0.2) is 0 Å². The van der Waals surface area contributed by atoms with Gasteiger partial charge in [-0.1, -0.05) is 6.07 Å². The predicted octanol–water partition coefficient (Wildman–Crippen LogP) is 4.62. The molecule has 0 saturated carbocycles. The summed E-state index contributed by atoms with van der Waals surface area (Å²) in [6, 6.07) is 8.91. The summed E-state index contributed by atoms with van der Waals surface area (Å²) in [6.07, 6.45) is -4.58. The van der Waals surface area contributed by atoms with Gasteiger partial charge in [-0.05, 0) is 43.3 Å². The summed E-state index contributed by atoms with van der Waals surface area (Å²) in [5.74, 6) is -1.03. The SMILES string of the molecule is CCOC(=O)c1[nH]c2ccc(OC)cc2c1NC(=O)c1cccc(C(F)(F)F)c1. The molecule has 9 heteroatoms. The first-order valence-electron chi connectivity index (χ1n) is 8.60. The van der Waals surface area contributed by atoms with Crippen LogP contribution < -0.4 is 10.1 Å². The number of carbonyl (C=O) groups is 2. The lowest BCUT2D eigenvalue weighted by atomic mass is 10.1. The zero-order valence-electron chi connectivity index (χ0n) is 15.5. The zero-order chi connectivity index (χ0) is 21.2. The number of ether oxygens (including phenoxy) is 2. The summed E-state index contributed by atoms with van der Waals surface area (Å²) in [5, 5.41) is 2.98. The van der Waals surface area contributed by atoms with E-state index in [1.165, 1.54) is 13.2 Å². The van der Waals surface area contributed by atoms with Crippen molar-refractivity contribution in [2.75, 3.05) is 19.0 Å². The Balaban J connectivity index is 2.05. The Morgan fingerprint density at radius 1 is 1.14 bits per heavy atom. The lowest BCUT2D eigenvalue weighted by Gasteiger charge is -2.10. The Kier molecular flexibility index (Phi) is 5.49. The monoisotopic (exact) mass is 406 g/mol. The topological polar surface area (TPSA) is 80.4 Å². The Morgan fingerprint density at radius 2 is 1.90 bits per heavy atom. The molecular weight excluding hydrogens is 389 g/mol. The summed E-state index contributed by atoms with van der Waals surface area (Å²) < 4.78 is 49.0. The highest BCUT2D eigenvalue weighted by molar-refractivity contribution is 6.14. The number of anilines is 1. The van der Waals surface area contributed by atoms with Crippen LogP contribution in [0.25, 0.3) is 10.9 Å². The maximum Gasteiger partial charge on any atom is 0.416 e. The largest absolute Gasteiger partial charge is 0.497 e. The fourth-order valence-electron chi connectivity index (χ4n) is 2.81. The number of amides is 1. The Labute approximate surface area is 163 Å². The Hall–Kier alpha value is -3.49. The summed E-state index contributed by atoms with van der Waals surface area (Å²) in [4.78, 5) is 27.8. The van der Waals surface area contributed by atoms with E-state index >= 15 is 0 Å². The molecule has 0 aliphatic carbocycles. The number of aromatic amines is 1. The van der Waals surface area contributed by atoms with Gasteiger partial charge in [-0.2, -0.15) is 13.2 Å². The van der Waals surface area contributed by atoms with E-state index in [-0.39, 0.29) is 23.6 Å². The molecule has 0 saturated heterocycles. The lowest BCUT2D eigenvalue weighted by molar-refractivity contribution is -0.137. The van der Waals surface area contributed by atoms with Crippen LogP contribution in [0.3, 0.4) is 0 Å². The molecule has 0 unspecified atom stereocenters. The molecule has 0 spiro atoms. The van der Waals surface area contributed by atoms with Crippen LogP contribution >= 0.6 is 0 Å². The second-order valence-electron chi connectivity index (χ2n) is 6.04. The number of esters is 1. The number of aromatic nitrogens is 1. The van der Waals surface area contributed by atoms with Crippen LogP contribution in [0.5, 0.6) is 5.75 Å². The molecule has 0 radical (unpaired) electrons. The lowest BCUT2D eigenvalue weighted by Crippen LogP contribution is -2.16. The highest BCUT2D eigenvalue weighted by Gasteiger charge is 2.31. The van der Waals surface area contributed by atoms with E-state index in [4.69, 9.17) is 9.47 Å². The molecule has 2 aromatic carbocycles. The minimum atomic E-state index is -4.58. The molecule has 3 aromatic rings. The van der Waals surface area contributed by atoms with Crippen molar-refractivity contribution in [2.24, 2.45) is 0 Å². The standard InChI is InChI=1S/C20H17F3N2O4/c1-3-29-19(27)17-16(14-10-13(28-2)7-8-15(14)24-17)25-18(26)11-5-4-6-12(9-11)20(21,22)23/h4-10,24H,3H2,1-2H3,(H,25,26). The van der Waals surface area contributed by atoms with Crippen molar-refractivity contribution >= 4 is 28.5 Å². The minimum absolute atomic E-state index is 0.0181. The van der Waals surface area contributed by atoms with Crippen LogP contribution in [-0.2, 0) is 10.9 Å². The van der Waals surface area contributed by atoms with Crippen LogP contribution in [0.1, 0.15) is 33.3 Å². The first-order valence-corrected chi connectivity index (χ1v) is 8.60. The number of H-pyrrole nitrogens is 1. The van der Waals surface area contributed by atoms with Gasteiger partial charge in [-0.15, -0.1) is 0 Å². The van der Waals surface area contributed by atoms with Gasteiger partial charge in [0, 0.05) is 16.5 Å². The number of nitrogens with one attached hydrogen (secondary N) is 2. The molecule has 3 rings (SSSR count). The first-order chi connectivity index (χ1) is 13.7. The first kappa shape index (κ1) is 20.2. The predicted molar refractivity (Wildman–Crippen MR) is 100 cm³/mol. The highest BCUT2D eigenvalue weighted by Crippen LogP contribution is 2.33. The molecular formula is C20H17F3N2O4. The van der Waals surface area contributed by atoms with Gasteiger partial charge in [-0.3, -0.25) is 4.79 Å². The van der Waals surface area contributed by atoms with Crippen molar-refractivity contribution in [3.05, 3.63) is 59.3 Å². The molecule has 1 aromatic heterocycles. The number of halogens is 3. The van der Waals surface area contributed by atoms with Crippen molar-refractivity contribution in [2.45, 2.75) is 13.1 Å². The summed E-state index contributed by atoms with van der Waals surface area (Å²) in [7, 11) is 1.46. The molecule has 0 aliphatic heterocycles. The molecule has 1 heterocycles. The zero-order valence-corrected chi connectivity index (χ0v) is 15.5. The van der Waals surface area contributed by atoms with Crippen LogP contribution in [0.4, 0.5) is 18.9 Å². The van der Waals surface area contributed by atoms with E-state index in [1.54, 1.807) is 25.1 Å². The van der Waals surface area contributed by atoms with Crippen molar-refractivity contribution in [3.63, 3.8) is 0 Å². The molecule has 0 fully saturated rings. The fraction of sp³-hybridized carbons (Fsp3) is 0.200. The maximum absolute atomic E-state index is 12.9. The van der Waals surface area contributed by atoms with Crippen LogP contribution in [-0.4, -0.2) is 30.6 Å². The minimum Gasteiger partial charge on any atom is -0.497 e. The van der Waals surface area contributed by atoms with E-state index in [0.717, 1.165) is 18.2 Å². The molecule has 0 atom stereocenters. The average Bonchev–Trinajstić information content (AvgIpc) is 3.05. The van der Waals surface area contributed by atoms with Crippen molar-refractivity contribution < 1.29 is 32.2 Å². The number of benzene rings is 2. The number of fused-ring (bicyclic) bond motifs is 1. The number of methoxy groups -OCH3 is 1. The number of hydrogen-bond acceptors (Lipinski definition) is 4.